The molecule has 1 unspecified atom stereocenters. The van der Waals surface area contributed by atoms with Crippen LogP contribution in [-0.2, 0) is 0 Å². The minimum absolute atomic E-state index is 0.0168. The Labute approximate surface area is 116 Å². The van der Waals surface area contributed by atoms with Gasteiger partial charge in [-0.05, 0) is 31.5 Å². The number of rotatable bonds is 4. The van der Waals surface area contributed by atoms with Crippen LogP contribution in [0.2, 0.25) is 0 Å². The molecule has 1 aliphatic rings. The zero-order chi connectivity index (χ0) is 14.9. The molecule has 0 saturated heterocycles. The van der Waals surface area contributed by atoms with Crippen LogP contribution in [0.5, 0.6) is 0 Å². The van der Waals surface area contributed by atoms with Gasteiger partial charge in [0.1, 0.15) is 0 Å². The largest absolute Gasteiger partial charge is 0.352 e. The molecule has 3 N–H and O–H groups in total. The van der Waals surface area contributed by atoms with Gasteiger partial charge in [-0.25, -0.2) is 0 Å². The minimum Gasteiger partial charge on any atom is -0.352 e. The fourth-order valence-electron chi connectivity index (χ4n) is 2.02. The Balaban J connectivity index is 2.14. The zero-order valence-electron chi connectivity index (χ0n) is 11.5. The fourth-order valence-corrected chi connectivity index (χ4v) is 2.02. The van der Waals surface area contributed by atoms with Crippen LogP contribution < -0.4 is 11.1 Å². The van der Waals surface area contributed by atoms with Crippen molar-refractivity contribution in [1.82, 2.24) is 10.2 Å². The maximum absolute atomic E-state index is 11.9. The van der Waals surface area contributed by atoms with Gasteiger partial charge in [-0.3, -0.25) is 19.3 Å². The second-order valence-electron chi connectivity index (χ2n) is 4.95. The highest BCUT2D eigenvalue weighted by atomic mass is 16.2. The van der Waals surface area contributed by atoms with Crippen molar-refractivity contribution >= 4 is 17.7 Å². The van der Waals surface area contributed by atoms with Crippen LogP contribution in [0.1, 0.15) is 44.4 Å². The molecular weight excluding hydrogens is 258 g/mol. The van der Waals surface area contributed by atoms with Gasteiger partial charge in [0.2, 0.25) is 0 Å². The van der Waals surface area contributed by atoms with Crippen molar-refractivity contribution in [2.45, 2.75) is 19.4 Å². The molecule has 3 amide bonds. The summed E-state index contributed by atoms with van der Waals surface area (Å²) in [6.45, 7) is 2.34. The Morgan fingerprint density at radius 2 is 1.95 bits per heavy atom. The standard InChI is InChI=1S/C14H17N3O3/c1-8(15)5-6-16-12(18)9-3-4-10-11(7-9)14(20)17(2)13(10)19/h3-4,7-8H,5-6,15H2,1-2H3,(H,16,18). The summed E-state index contributed by atoms with van der Waals surface area (Å²) in [4.78, 5) is 36.5. The Bertz CT molecular complexity index is 581. The summed E-state index contributed by atoms with van der Waals surface area (Å²) in [5, 5.41) is 2.73. The zero-order valence-corrected chi connectivity index (χ0v) is 11.5. The summed E-state index contributed by atoms with van der Waals surface area (Å²) in [5.41, 5.74) is 6.58. The molecule has 0 aliphatic carbocycles. The molecule has 20 heavy (non-hydrogen) atoms. The third-order valence-electron chi connectivity index (χ3n) is 3.24. The summed E-state index contributed by atoms with van der Waals surface area (Å²) < 4.78 is 0. The van der Waals surface area contributed by atoms with Crippen molar-refractivity contribution in [2.75, 3.05) is 13.6 Å². The van der Waals surface area contributed by atoms with Crippen LogP contribution in [-0.4, -0.2) is 42.3 Å². The first-order chi connectivity index (χ1) is 9.41. The molecule has 106 valence electrons. The van der Waals surface area contributed by atoms with Crippen LogP contribution >= 0.6 is 0 Å². The SMILES string of the molecule is CC(N)CCNC(=O)c1ccc2c(c1)C(=O)N(C)C2=O. The van der Waals surface area contributed by atoms with E-state index in [2.05, 4.69) is 5.32 Å². The highest BCUT2D eigenvalue weighted by Crippen LogP contribution is 2.22. The molecular formula is C14H17N3O3. The first-order valence-corrected chi connectivity index (χ1v) is 6.42. The number of benzene rings is 1. The third-order valence-corrected chi connectivity index (χ3v) is 3.24. The minimum atomic E-state index is -0.379. The summed E-state index contributed by atoms with van der Waals surface area (Å²) in [6, 6.07) is 4.53. The Morgan fingerprint density at radius 1 is 1.30 bits per heavy atom. The quantitative estimate of drug-likeness (QED) is 0.777. The van der Waals surface area contributed by atoms with Crippen molar-refractivity contribution in [3.8, 4) is 0 Å². The van der Waals surface area contributed by atoms with Crippen molar-refractivity contribution < 1.29 is 14.4 Å². The number of hydrogen-bond acceptors (Lipinski definition) is 4. The number of nitrogens with zero attached hydrogens (tertiary/aromatic N) is 1. The summed E-state index contributed by atoms with van der Waals surface area (Å²) in [5.74, 6) is -0.993. The van der Waals surface area contributed by atoms with Gasteiger partial charge in [-0.2, -0.15) is 0 Å². The van der Waals surface area contributed by atoms with E-state index < -0.39 is 0 Å². The Morgan fingerprint density at radius 3 is 2.60 bits per heavy atom. The lowest BCUT2D eigenvalue weighted by Crippen LogP contribution is -2.29. The lowest BCUT2D eigenvalue weighted by atomic mass is 10.1. The predicted octanol–water partition coefficient (Wildman–Crippen LogP) is 0.380. The molecule has 0 fully saturated rings. The third kappa shape index (κ3) is 2.55. The molecule has 2 rings (SSSR count). The van der Waals surface area contributed by atoms with Crippen molar-refractivity contribution in [3.63, 3.8) is 0 Å². The van der Waals surface area contributed by atoms with Crippen molar-refractivity contribution in [1.29, 1.82) is 0 Å². The second kappa shape index (κ2) is 5.42. The van der Waals surface area contributed by atoms with Gasteiger partial charge in [0.25, 0.3) is 17.7 Å². The van der Waals surface area contributed by atoms with Crippen molar-refractivity contribution in [3.05, 3.63) is 34.9 Å². The normalized spacial score (nSPS) is 15.2. The molecule has 0 aromatic heterocycles. The molecule has 1 aromatic carbocycles. The number of imide groups is 1. The maximum Gasteiger partial charge on any atom is 0.261 e. The Kier molecular flexibility index (Phi) is 3.85. The molecule has 1 aliphatic heterocycles. The highest BCUT2D eigenvalue weighted by molar-refractivity contribution is 6.21. The number of carbonyl (C=O) groups excluding carboxylic acids is 3. The van der Waals surface area contributed by atoms with E-state index in [4.69, 9.17) is 5.73 Å². The topological polar surface area (TPSA) is 92.5 Å². The van der Waals surface area contributed by atoms with E-state index in [0.717, 1.165) is 4.90 Å². The second-order valence-corrected chi connectivity index (χ2v) is 4.95. The van der Waals surface area contributed by atoms with E-state index in [1.54, 1.807) is 6.07 Å². The van der Waals surface area contributed by atoms with Gasteiger partial charge in [-0.15, -0.1) is 0 Å². The van der Waals surface area contributed by atoms with E-state index >= 15 is 0 Å². The average molecular weight is 275 g/mol. The molecule has 0 saturated carbocycles. The molecule has 0 bridgehead atoms. The number of nitrogens with two attached hydrogens (primary N) is 1. The van der Waals surface area contributed by atoms with E-state index in [-0.39, 0.29) is 29.3 Å². The summed E-state index contributed by atoms with van der Waals surface area (Å²) in [7, 11) is 1.42. The summed E-state index contributed by atoms with van der Waals surface area (Å²) >= 11 is 0. The number of fused-ring (bicyclic) bond motifs is 1. The summed E-state index contributed by atoms with van der Waals surface area (Å²) in [6.07, 6.45) is 0.677. The number of nitrogens with one attached hydrogen (secondary N) is 1. The number of hydrogen-bond donors (Lipinski definition) is 2. The molecule has 6 nitrogen and oxygen atoms in total. The molecule has 1 heterocycles. The predicted molar refractivity (Wildman–Crippen MR) is 73.5 cm³/mol. The average Bonchev–Trinajstić information content (AvgIpc) is 2.63. The molecule has 0 spiro atoms. The molecule has 1 aromatic rings. The van der Waals surface area contributed by atoms with E-state index in [1.165, 1.54) is 19.2 Å². The Hall–Kier alpha value is -2.21. The first-order valence-electron chi connectivity index (χ1n) is 6.42. The smallest absolute Gasteiger partial charge is 0.261 e. The fraction of sp³-hybridized carbons (Fsp3) is 0.357. The molecule has 6 heteroatoms. The molecule has 0 radical (unpaired) electrons. The monoisotopic (exact) mass is 275 g/mol. The molecule has 1 atom stereocenters. The van der Waals surface area contributed by atoms with Gasteiger partial charge < -0.3 is 11.1 Å². The van der Waals surface area contributed by atoms with E-state index in [9.17, 15) is 14.4 Å². The van der Waals surface area contributed by atoms with Crippen LogP contribution in [0.3, 0.4) is 0 Å². The van der Waals surface area contributed by atoms with Crippen LogP contribution in [0.15, 0.2) is 18.2 Å². The van der Waals surface area contributed by atoms with Gasteiger partial charge in [0, 0.05) is 25.2 Å². The lowest BCUT2D eigenvalue weighted by molar-refractivity contribution is 0.0693. The van der Waals surface area contributed by atoms with Crippen LogP contribution in [0.4, 0.5) is 0 Å². The van der Waals surface area contributed by atoms with Gasteiger partial charge in [0.05, 0.1) is 11.1 Å². The van der Waals surface area contributed by atoms with E-state index in [1.807, 2.05) is 6.92 Å². The lowest BCUT2D eigenvalue weighted by Gasteiger charge is -2.07. The highest BCUT2D eigenvalue weighted by Gasteiger charge is 2.33. The number of amides is 3. The first kappa shape index (κ1) is 14.2. The number of carbonyl (C=O) groups is 3. The van der Waals surface area contributed by atoms with Crippen molar-refractivity contribution in [2.24, 2.45) is 5.73 Å². The van der Waals surface area contributed by atoms with E-state index in [0.29, 0.717) is 24.1 Å². The van der Waals surface area contributed by atoms with Gasteiger partial charge >= 0.3 is 0 Å². The maximum atomic E-state index is 11.9. The van der Waals surface area contributed by atoms with Gasteiger partial charge in [-0.1, -0.05) is 0 Å². The van der Waals surface area contributed by atoms with Crippen LogP contribution in [0.25, 0.3) is 0 Å². The van der Waals surface area contributed by atoms with Crippen LogP contribution in [0, 0.1) is 0 Å². The van der Waals surface area contributed by atoms with Gasteiger partial charge in [0.15, 0.2) is 0 Å².